The number of carbonyl (C=O) groups excluding carboxylic acids is 2. The summed E-state index contributed by atoms with van der Waals surface area (Å²) in [5.74, 6) is -1.21. The number of rotatable bonds is 12. The molecule has 0 unspecified atom stereocenters. The van der Waals surface area contributed by atoms with Gasteiger partial charge in [0.2, 0.25) is 11.8 Å². The molecule has 0 saturated heterocycles. The van der Waals surface area contributed by atoms with Gasteiger partial charge < -0.3 is 10.2 Å². The highest BCUT2D eigenvalue weighted by Crippen LogP contribution is 2.37. The van der Waals surface area contributed by atoms with Crippen LogP contribution in [0.15, 0.2) is 112 Å². The van der Waals surface area contributed by atoms with Crippen LogP contribution in [0.5, 0.6) is 0 Å². The summed E-state index contributed by atoms with van der Waals surface area (Å²) < 4.78 is 71.3. The van der Waals surface area contributed by atoms with E-state index in [1.54, 1.807) is 30.3 Å². The van der Waals surface area contributed by atoms with Crippen LogP contribution in [-0.4, -0.2) is 43.8 Å². The highest BCUT2D eigenvalue weighted by molar-refractivity contribution is 9.10. The fraction of sp³-hybridized carbons (Fsp3) is 0.278. The predicted octanol–water partition coefficient (Wildman–Crippen LogP) is 8.02. The molecular formula is C36H34BrClF3N3O4S. The number of nitrogens with zero attached hydrogens (tertiary/aromatic N) is 2. The van der Waals surface area contributed by atoms with Crippen LogP contribution >= 0.6 is 27.5 Å². The molecule has 1 atom stereocenters. The Hall–Kier alpha value is -3.87. The van der Waals surface area contributed by atoms with Gasteiger partial charge in [-0.3, -0.25) is 13.9 Å². The fourth-order valence-electron chi connectivity index (χ4n) is 5.82. The van der Waals surface area contributed by atoms with Gasteiger partial charge in [-0.25, -0.2) is 8.42 Å². The Morgan fingerprint density at radius 2 is 1.49 bits per heavy atom. The first kappa shape index (κ1) is 36.4. The van der Waals surface area contributed by atoms with E-state index in [1.165, 1.54) is 29.2 Å². The Labute approximate surface area is 297 Å². The predicted molar refractivity (Wildman–Crippen MR) is 186 cm³/mol. The zero-order valence-corrected chi connectivity index (χ0v) is 29.4. The Morgan fingerprint density at radius 3 is 2.10 bits per heavy atom. The Morgan fingerprint density at radius 1 is 0.878 bits per heavy atom. The van der Waals surface area contributed by atoms with E-state index in [0.717, 1.165) is 47.9 Å². The number of hydrogen-bond acceptors (Lipinski definition) is 4. The second-order valence-electron chi connectivity index (χ2n) is 11.8. The monoisotopic (exact) mass is 775 g/mol. The van der Waals surface area contributed by atoms with E-state index < -0.39 is 51.9 Å². The normalized spacial score (nSPS) is 14.3. The van der Waals surface area contributed by atoms with Gasteiger partial charge in [0.15, 0.2) is 0 Å². The smallest absolute Gasteiger partial charge is 0.352 e. The number of nitrogens with one attached hydrogen (secondary N) is 1. The zero-order valence-electron chi connectivity index (χ0n) is 26.2. The fourth-order valence-corrected chi connectivity index (χ4v) is 7.80. The molecule has 4 aromatic rings. The van der Waals surface area contributed by atoms with Crippen LogP contribution in [0.4, 0.5) is 18.9 Å². The number of carbonyl (C=O) groups is 2. The van der Waals surface area contributed by atoms with Crippen LogP contribution in [0.25, 0.3) is 0 Å². The number of amides is 2. The van der Waals surface area contributed by atoms with Gasteiger partial charge in [-0.15, -0.1) is 0 Å². The van der Waals surface area contributed by atoms with Crippen LogP contribution in [0.1, 0.15) is 42.4 Å². The van der Waals surface area contributed by atoms with Crippen LogP contribution in [0, 0.1) is 0 Å². The summed E-state index contributed by atoms with van der Waals surface area (Å²) in [7, 11) is -4.64. The maximum Gasteiger partial charge on any atom is 0.416 e. The average molecular weight is 777 g/mol. The van der Waals surface area contributed by atoms with Crippen molar-refractivity contribution in [1.29, 1.82) is 0 Å². The first-order valence-corrected chi connectivity index (χ1v) is 18.3. The van der Waals surface area contributed by atoms with E-state index in [9.17, 15) is 31.2 Å². The number of halogens is 5. The minimum atomic E-state index is -4.82. The van der Waals surface area contributed by atoms with Gasteiger partial charge in [-0.05, 0) is 66.4 Å². The third-order valence-corrected chi connectivity index (χ3v) is 11.0. The van der Waals surface area contributed by atoms with E-state index in [1.807, 2.05) is 30.3 Å². The maximum absolute atomic E-state index is 14.6. The van der Waals surface area contributed by atoms with Crippen molar-refractivity contribution in [2.24, 2.45) is 0 Å². The molecule has 0 aromatic heterocycles. The molecule has 0 radical (unpaired) electrons. The van der Waals surface area contributed by atoms with Gasteiger partial charge in [-0.1, -0.05) is 101 Å². The summed E-state index contributed by atoms with van der Waals surface area (Å²) in [4.78, 5) is 29.7. The van der Waals surface area contributed by atoms with Crippen molar-refractivity contribution in [2.75, 3.05) is 10.8 Å². The lowest BCUT2D eigenvalue weighted by atomic mass is 10.0. The highest BCUT2D eigenvalue weighted by atomic mass is 79.9. The second kappa shape index (κ2) is 15.8. The van der Waals surface area contributed by atoms with Crippen molar-refractivity contribution in [3.63, 3.8) is 0 Å². The minimum absolute atomic E-state index is 0.0747. The quantitative estimate of drug-likeness (QED) is 0.158. The largest absolute Gasteiger partial charge is 0.416 e. The van der Waals surface area contributed by atoms with Crippen molar-refractivity contribution in [2.45, 2.75) is 61.8 Å². The third kappa shape index (κ3) is 9.23. The summed E-state index contributed by atoms with van der Waals surface area (Å²) in [6.45, 7) is -1.02. The van der Waals surface area contributed by atoms with Crippen molar-refractivity contribution in [1.82, 2.24) is 10.2 Å². The molecule has 5 rings (SSSR count). The summed E-state index contributed by atoms with van der Waals surface area (Å²) in [5.41, 5.74) is -0.250. The molecule has 49 heavy (non-hydrogen) atoms. The number of hydrogen-bond donors (Lipinski definition) is 1. The first-order chi connectivity index (χ1) is 23.3. The van der Waals surface area contributed by atoms with E-state index in [2.05, 4.69) is 21.2 Å². The summed E-state index contributed by atoms with van der Waals surface area (Å²) in [6, 6.07) is 24.4. The lowest BCUT2D eigenvalue weighted by molar-refractivity contribution is -0.140. The van der Waals surface area contributed by atoms with E-state index in [-0.39, 0.29) is 28.9 Å². The topological polar surface area (TPSA) is 86.8 Å². The molecular weight excluding hydrogens is 743 g/mol. The van der Waals surface area contributed by atoms with Gasteiger partial charge >= 0.3 is 6.18 Å². The van der Waals surface area contributed by atoms with Gasteiger partial charge in [-0.2, -0.15) is 13.2 Å². The summed E-state index contributed by atoms with van der Waals surface area (Å²) in [5, 5.41) is 2.78. The Bertz CT molecular complexity index is 1860. The standard InChI is InChI=1S/C36H34BrClF3N3O4S/c37-28-18-15-26(16-19-28)23-43(33(21-25-9-3-1-4-10-25)35(46)42-29-11-7-8-12-29)34(45)24-44(49(47,48)30-13-5-2-6-14-30)32-22-27(36(39,40)41)17-20-31(32)38/h1-6,9-10,13-20,22,29,33H,7-8,11-12,21,23-24H2,(H,42,46)/t33-/m1/s1. The Kier molecular flexibility index (Phi) is 11.7. The second-order valence-corrected chi connectivity index (χ2v) is 15.0. The summed E-state index contributed by atoms with van der Waals surface area (Å²) in [6.07, 6.45) is -1.21. The molecule has 1 aliphatic carbocycles. The molecule has 0 heterocycles. The molecule has 0 aliphatic heterocycles. The molecule has 0 bridgehead atoms. The van der Waals surface area contributed by atoms with Crippen LogP contribution in [0.2, 0.25) is 5.02 Å². The molecule has 1 saturated carbocycles. The van der Waals surface area contributed by atoms with Gasteiger partial charge in [0.05, 0.1) is 21.2 Å². The van der Waals surface area contributed by atoms with Crippen LogP contribution in [-0.2, 0) is 38.8 Å². The number of alkyl halides is 3. The van der Waals surface area contributed by atoms with Crippen LogP contribution in [0.3, 0.4) is 0 Å². The van der Waals surface area contributed by atoms with Crippen molar-refractivity contribution in [3.05, 3.63) is 129 Å². The molecule has 1 N–H and O–H groups in total. The lowest BCUT2D eigenvalue weighted by Gasteiger charge is -2.34. The van der Waals surface area contributed by atoms with Crippen LogP contribution < -0.4 is 9.62 Å². The minimum Gasteiger partial charge on any atom is -0.352 e. The number of anilines is 1. The van der Waals surface area contributed by atoms with E-state index in [4.69, 9.17) is 11.6 Å². The maximum atomic E-state index is 14.6. The highest BCUT2D eigenvalue weighted by Gasteiger charge is 2.38. The molecule has 1 fully saturated rings. The average Bonchev–Trinajstić information content (AvgIpc) is 3.59. The van der Waals surface area contributed by atoms with E-state index in [0.29, 0.717) is 15.9 Å². The number of sulfonamides is 1. The van der Waals surface area contributed by atoms with Gasteiger partial charge in [0, 0.05) is 23.5 Å². The lowest BCUT2D eigenvalue weighted by Crippen LogP contribution is -2.54. The third-order valence-electron chi connectivity index (χ3n) is 8.39. The zero-order chi connectivity index (χ0) is 35.2. The van der Waals surface area contributed by atoms with Crippen molar-refractivity contribution in [3.8, 4) is 0 Å². The van der Waals surface area contributed by atoms with Crippen molar-refractivity contribution >= 4 is 55.1 Å². The first-order valence-electron chi connectivity index (χ1n) is 15.7. The van der Waals surface area contributed by atoms with Gasteiger partial charge in [0.1, 0.15) is 12.6 Å². The van der Waals surface area contributed by atoms with Gasteiger partial charge in [0.25, 0.3) is 10.0 Å². The molecule has 2 amide bonds. The molecule has 13 heteroatoms. The molecule has 1 aliphatic rings. The molecule has 258 valence electrons. The van der Waals surface area contributed by atoms with E-state index >= 15 is 0 Å². The molecule has 7 nitrogen and oxygen atoms in total. The summed E-state index contributed by atoms with van der Waals surface area (Å²) >= 11 is 9.80. The molecule has 0 spiro atoms. The van der Waals surface area contributed by atoms with Crippen molar-refractivity contribution < 1.29 is 31.2 Å². The SMILES string of the molecule is O=C(NC1CCCC1)[C@@H](Cc1ccccc1)N(Cc1ccc(Br)cc1)C(=O)CN(c1cc(C(F)(F)F)ccc1Cl)S(=O)(=O)c1ccccc1. The Balaban J connectivity index is 1.61. The number of benzene rings is 4. The molecule has 4 aromatic carbocycles.